The molecule has 0 bridgehead atoms. The van der Waals surface area contributed by atoms with Gasteiger partial charge >= 0.3 is 0 Å². The number of hydrogen-bond donors (Lipinski definition) is 0. The van der Waals surface area contributed by atoms with Crippen LogP contribution in [-0.2, 0) is 0 Å². The van der Waals surface area contributed by atoms with Crippen LogP contribution in [0.1, 0.15) is 10.4 Å². The van der Waals surface area contributed by atoms with Gasteiger partial charge in [0.25, 0.3) is 5.91 Å². The number of thiazole rings is 1. The Hall–Kier alpha value is -2.91. The molecule has 0 aliphatic heterocycles. The lowest BCUT2D eigenvalue weighted by molar-refractivity contribution is 0.0984. The van der Waals surface area contributed by atoms with Crippen LogP contribution in [0.25, 0.3) is 10.2 Å². The van der Waals surface area contributed by atoms with Crippen molar-refractivity contribution in [2.75, 3.05) is 53.4 Å². The van der Waals surface area contributed by atoms with Gasteiger partial charge in [0.05, 0.1) is 31.5 Å². The number of rotatable bonds is 8. The highest BCUT2D eigenvalue weighted by atomic mass is 32.1. The Labute approximate surface area is 178 Å². The lowest BCUT2D eigenvalue weighted by Crippen LogP contribution is -2.36. The first-order valence-electron chi connectivity index (χ1n) is 9.20. The largest absolute Gasteiger partial charge is 0.493 e. The lowest BCUT2D eigenvalue weighted by atomic mass is 10.1. The van der Waals surface area contributed by atoms with Gasteiger partial charge in [0, 0.05) is 18.7 Å². The van der Waals surface area contributed by atoms with Crippen molar-refractivity contribution in [3.05, 3.63) is 41.7 Å². The van der Waals surface area contributed by atoms with Gasteiger partial charge in [-0.05, 0) is 44.4 Å². The Kier molecular flexibility index (Phi) is 6.73. The third-order valence-electron chi connectivity index (χ3n) is 4.50. The fraction of sp³-hybridized carbons (Fsp3) is 0.333. The molecule has 0 saturated heterocycles. The predicted molar refractivity (Wildman–Crippen MR) is 116 cm³/mol. The van der Waals surface area contributed by atoms with Gasteiger partial charge in [-0.2, -0.15) is 0 Å². The van der Waals surface area contributed by atoms with Gasteiger partial charge in [-0.25, -0.2) is 9.37 Å². The Bertz CT molecular complexity index is 1030. The van der Waals surface area contributed by atoms with Crippen molar-refractivity contribution in [1.29, 1.82) is 0 Å². The smallest absolute Gasteiger partial charge is 0.260 e. The topological polar surface area (TPSA) is 64.1 Å². The van der Waals surface area contributed by atoms with E-state index in [2.05, 4.69) is 4.98 Å². The van der Waals surface area contributed by atoms with Crippen LogP contribution in [0.5, 0.6) is 17.2 Å². The Balaban J connectivity index is 2.05. The third kappa shape index (κ3) is 4.47. The van der Waals surface area contributed by atoms with Crippen LogP contribution in [-0.4, -0.2) is 64.3 Å². The van der Waals surface area contributed by atoms with E-state index in [1.54, 1.807) is 23.1 Å². The molecule has 0 radical (unpaired) electrons. The number of carbonyl (C=O) groups excluding carboxylic acids is 1. The molecule has 1 amide bonds. The summed E-state index contributed by atoms with van der Waals surface area (Å²) in [6.45, 7) is 1.03. The molecule has 0 unspecified atom stereocenters. The maximum Gasteiger partial charge on any atom is 0.260 e. The summed E-state index contributed by atoms with van der Waals surface area (Å²) >= 11 is 1.27. The first kappa shape index (κ1) is 21.8. The van der Waals surface area contributed by atoms with E-state index in [0.29, 0.717) is 51.2 Å². The van der Waals surface area contributed by atoms with Gasteiger partial charge in [-0.1, -0.05) is 11.3 Å². The minimum absolute atomic E-state index is 0.268. The number of ether oxygens (including phenoxy) is 3. The molecule has 3 aromatic rings. The number of methoxy groups -OCH3 is 3. The summed E-state index contributed by atoms with van der Waals surface area (Å²) in [6.07, 6.45) is 0. The molecule has 1 aromatic heterocycles. The maximum absolute atomic E-state index is 13.6. The Morgan fingerprint density at radius 2 is 1.70 bits per heavy atom. The Morgan fingerprint density at radius 3 is 2.27 bits per heavy atom. The number of likely N-dealkylation sites (N-methyl/N-ethyl adjacent to an activating group) is 1. The number of fused-ring (bicyclic) bond motifs is 1. The molecule has 3 rings (SSSR count). The molecule has 0 saturated carbocycles. The van der Waals surface area contributed by atoms with Crippen LogP contribution >= 0.6 is 11.3 Å². The minimum Gasteiger partial charge on any atom is -0.493 e. The summed E-state index contributed by atoms with van der Waals surface area (Å²) in [5.74, 6) is 0.578. The van der Waals surface area contributed by atoms with Crippen molar-refractivity contribution in [2.24, 2.45) is 0 Å². The van der Waals surface area contributed by atoms with E-state index in [1.807, 2.05) is 19.0 Å². The molecule has 0 aliphatic rings. The number of nitrogens with zero attached hydrogens (tertiary/aromatic N) is 3. The van der Waals surface area contributed by atoms with Gasteiger partial charge in [0.2, 0.25) is 5.75 Å². The summed E-state index contributed by atoms with van der Waals surface area (Å²) in [4.78, 5) is 21.6. The molecule has 7 nitrogen and oxygen atoms in total. The number of amides is 1. The molecule has 0 atom stereocenters. The van der Waals surface area contributed by atoms with E-state index in [0.717, 1.165) is 0 Å². The summed E-state index contributed by atoms with van der Waals surface area (Å²) in [5, 5.41) is 0.496. The highest BCUT2D eigenvalue weighted by molar-refractivity contribution is 7.22. The quantitative estimate of drug-likeness (QED) is 0.540. The first-order valence-corrected chi connectivity index (χ1v) is 10.0. The lowest BCUT2D eigenvalue weighted by Gasteiger charge is -2.23. The molecule has 1 heterocycles. The van der Waals surface area contributed by atoms with Gasteiger partial charge in [0.15, 0.2) is 16.6 Å². The average molecular weight is 434 g/mol. The van der Waals surface area contributed by atoms with Gasteiger partial charge < -0.3 is 19.1 Å². The molecule has 0 aliphatic carbocycles. The standard InChI is InChI=1S/C21H24FN3O4S/c1-24(2)8-9-25(21-23-15-7-6-14(22)12-18(15)30-21)20(26)13-10-16(27-3)19(29-5)17(11-13)28-4/h6-7,10-12H,8-9H2,1-5H3. The second-order valence-corrected chi connectivity index (χ2v) is 7.79. The summed E-state index contributed by atoms with van der Waals surface area (Å²) in [6, 6.07) is 7.61. The highest BCUT2D eigenvalue weighted by Gasteiger charge is 2.24. The fourth-order valence-corrected chi connectivity index (χ4v) is 3.96. The van der Waals surface area contributed by atoms with Crippen molar-refractivity contribution in [2.45, 2.75) is 0 Å². The normalized spacial score (nSPS) is 11.0. The summed E-state index contributed by atoms with van der Waals surface area (Å²) in [5.41, 5.74) is 1.01. The summed E-state index contributed by atoms with van der Waals surface area (Å²) < 4.78 is 30.4. The second-order valence-electron chi connectivity index (χ2n) is 6.78. The van der Waals surface area contributed by atoms with Crippen LogP contribution < -0.4 is 19.1 Å². The van der Waals surface area contributed by atoms with Crippen LogP contribution in [0, 0.1) is 5.82 Å². The van der Waals surface area contributed by atoms with Crippen molar-refractivity contribution >= 4 is 32.6 Å². The number of hydrogen-bond acceptors (Lipinski definition) is 7. The summed E-state index contributed by atoms with van der Waals surface area (Å²) in [7, 11) is 8.35. The molecular formula is C21H24FN3O4S. The van der Waals surface area contributed by atoms with Gasteiger partial charge in [-0.15, -0.1) is 0 Å². The van der Waals surface area contributed by atoms with Crippen LogP contribution in [0.2, 0.25) is 0 Å². The minimum atomic E-state index is -0.339. The number of aromatic nitrogens is 1. The SMILES string of the molecule is COc1cc(C(=O)N(CCN(C)C)c2nc3ccc(F)cc3s2)cc(OC)c1OC. The molecule has 30 heavy (non-hydrogen) atoms. The zero-order chi connectivity index (χ0) is 21.8. The monoisotopic (exact) mass is 433 g/mol. The first-order chi connectivity index (χ1) is 14.4. The molecule has 9 heteroatoms. The van der Waals surface area contributed by atoms with Crippen molar-refractivity contribution in [1.82, 2.24) is 9.88 Å². The van der Waals surface area contributed by atoms with Gasteiger partial charge in [0.1, 0.15) is 5.82 Å². The Morgan fingerprint density at radius 1 is 1.03 bits per heavy atom. The second kappa shape index (κ2) is 9.27. The molecule has 160 valence electrons. The number of anilines is 1. The maximum atomic E-state index is 13.6. The zero-order valence-corrected chi connectivity index (χ0v) is 18.4. The van der Waals surface area contributed by atoms with E-state index in [-0.39, 0.29) is 11.7 Å². The predicted octanol–water partition coefficient (Wildman–Crippen LogP) is 3.67. The average Bonchev–Trinajstić information content (AvgIpc) is 3.14. The van der Waals surface area contributed by atoms with Crippen molar-refractivity contribution < 1.29 is 23.4 Å². The van der Waals surface area contributed by atoms with Crippen LogP contribution in [0.15, 0.2) is 30.3 Å². The molecule has 0 fully saturated rings. The molecule has 0 N–H and O–H groups in total. The van der Waals surface area contributed by atoms with Crippen molar-refractivity contribution in [3.63, 3.8) is 0 Å². The zero-order valence-electron chi connectivity index (χ0n) is 17.6. The highest BCUT2D eigenvalue weighted by Crippen LogP contribution is 2.39. The fourth-order valence-electron chi connectivity index (χ4n) is 2.95. The van der Waals surface area contributed by atoms with E-state index in [1.165, 1.54) is 44.8 Å². The third-order valence-corrected chi connectivity index (χ3v) is 5.54. The molecular weight excluding hydrogens is 409 g/mol. The number of halogens is 1. The van der Waals surface area contributed by atoms with E-state index < -0.39 is 0 Å². The van der Waals surface area contributed by atoms with E-state index >= 15 is 0 Å². The molecule has 0 spiro atoms. The molecule has 2 aromatic carbocycles. The van der Waals surface area contributed by atoms with Crippen LogP contribution in [0.4, 0.5) is 9.52 Å². The van der Waals surface area contributed by atoms with Gasteiger partial charge in [-0.3, -0.25) is 9.69 Å². The number of benzene rings is 2. The van der Waals surface area contributed by atoms with Crippen molar-refractivity contribution in [3.8, 4) is 17.2 Å². The number of carbonyl (C=O) groups is 1. The van der Waals surface area contributed by atoms with E-state index in [9.17, 15) is 9.18 Å². The van der Waals surface area contributed by atoms with E-state index in [4.69, 9.17) is 14.2 Å². The van der Waals surface area contributed by atoms with Crippen LogP contribution in [0.3, 0.4) is 0 Å².